The van der Waals surface area contributed by atoms with Crippen LogP contribution in [0, 0.1) is 12.8 Å². The van der Waals surface area contributed by atoms with Gasteiger partial charge in [0.25, 0.3) is 0 Å². The number of amides is 2. The normalized spacial score (nSPS) is 17.5. The van der Waals surface area contributed by atoms with Crippen molar-refractivity contribution in [1.82, 2.24) is 19.8 Å². The van der Waals surface area contributed by atoms with Gasteiger partial charge in [0.1, 0.15) is 0 Å². The zero-order valence-electron chi connectivity index (χ0n) is 14.1. The van der Waals surface area contributed by atoms with Gasteiger partial charge < -0.3 is 15.1 Å². The third-order valence-corrected chi connectivity index (χ3v) is 5.25. The molecule has 1 atom stereocenters. The summed E-state index contributed by atoms with van der Waals surface area (Å²) in [5, 5.41) is 2.93. The molecule has 3 rings (SSSR count). The number of urea groups is 1. The lowest BCUT2D eigenvalue weighted by Gasteiger charge is -2.21. The highest BCUT2D eigenvalue weighted by Crippen LogP contribution is 2.20. The van der Waals surface area contributed by atoms with Crippen LogP contribution in [0.5, 0.6) is 0 Å². The van der Waals surface area contributed by atoms with Crippen molar-refractivity contribution in [2.24, 2.45) is 5.92 Å². The fraction of sp³-hybridized carbons (Fsp3) is 0.471. The molecular formula is C17H23N5OS. The van der Waals surface area contributed by atoms with Gasteiger partial charge in [0.15, 0.2) is 0 Å². The van der Waals surface area contributed by atoms with E-state index in [1.807, 2.05) is 10.4 Å². The molecule has 0 aliphatic carbocycles. The van der Waals surface area contributed by atoms with Gasteiger partial charge in [-0.3, -0.25) is 4.98 Å². The quantitative estimate of drug-likeness (QED) is 0.905. The number of thiazole rings is 1. The standard InChI is InChI=1S/C17H23N5OS/c1-13-16(24-12-19-13)11-21(2)9-14-5-8-22(10-14)17(23)20-15-3-6-18-7-4-15/h3-4,6-7,12,14H,5,8-11H2,1-2H3,(H,18,20,23). The van der Waals surface area contributed by atoms with Crippen molar-refractivity contribution in [1.29, 1.82) is 0 Å². The van der Waals surface area contributed by atoms with Crippen LogP contribution in [0.3, 0.4) is 0 Å². The Balaban J connectivity index is 1.46. The second kappa shape index (κ2) is 7.72. The van der Waals surface area contributed by atoms with E-state index in [4.69, 9.17) is 0 Å². The molecule has 1 fully saturated rings. The van der Waals surface area contributed by atoms with E-state index in [0.717, 1.165) is 44.0 Å². The number of anilines is 1. The number of aromatic nitrogens is 2. The fourth-order valence-electron chi connectivity index (χ4n) is 3.03. The number of hydrogen-bond donors (Lipinski definition) is 1. The number of likely N-dealkylation sites (tertiary alicyclic amines) is 1. The molecule has 7 heteroatoms. The first-order chi connectivity index (χ1) is 11.6. The molecule has 1 saturated heterocycles. The Morgan fingerprint density at radius 1 is 1.46 bits per heavy atom. The minimum Gasteiger partial charge on any atom is -0.324 e. The second-order valence-corrected chi connectivity index (χ2v) is 7.26. The average molecular weight is 345 g/mol. The molecule has 0 spiro atoms. The van der Waals surface area contributed by atoms with E-state index >= 15 is 0 Å². The lowest BCUT2D eigenvalue weighted by Crippen LogP contribution is -2.34. The van der Waals surface area contributed by atoms with Crippen molar-refractivity contribution >= 4 is 23.1 Å². The number of carbonyl (C=O) groups excluding carboxylic acids is 1. The summed E-state index contributed by atoms with van der Waals surface area (Å²) in [7, 11) is 2.14. The summed E-state index contributed by atoms with van der Waals surface area (Å²) in [6.45, 7) is 5.60. The minimum atomic E-state index is -0.0235. The van der Waals surface area contributed by atoms with Crippen molar-refractivity contribution in [3.05, 3.63) is 40.6 Å². The van der Waals surface area contributed by atoms with Crippen LogP contribution in [0.1, 0.15) is 17.0 Å². The molecule has 1 unspecified atom stereocenters. The fourth-order valence-corrected chi connectivity index (χ4v) is 3.89. The molecule has 0 radical (unpaired) electrons. The maximum Gasteiger partial charge on any atom is 0.321 e. The topological polar surface area (TPSA) is 61.4 Å². The van der Waals surface area contributed by atoms with Crippen molar-refractivity contribution in [3.63, 3.8) is 0 Å². The lowest BCUT2D eigenvalue weighted by atomic mass is 10.1. The van der Waals surface area contributed by atoms with E-state index < -0.39 is 0 Å². The molecule has 0 aromatic carbocycles. The zero-order chi connectivity index (χ0) is 16.9. The molecule has 1 aliphatic rings. The Hall–Kier alpha value is -1.99. The number of hydrogen-bond acceptors (Lipinski definition) is 5. The number of carbonyl (C=O) groups is 1. The Morgan fingerprint density at radius 2 is 2.25 bits per heavy atom. The van der Waals surface area contributed by atoms with Crippen molar-refractivity contribution < 1.29 is 4.79 Å². The number of nitrogens with zero attached hydrogens (tertiary/aromatic N) is 4. The van der Waals surface area contributed by atoms with Gasteiger partial charge in [0.05, 0.1) is 11.2 Å². The second-order valence-electron chi connectivity index (χ2n) is 6.32. The molecular weight excluding hydrogens is 322 g/mol. The van der Waals surface area contributed by atoms with Crippen LogP contribution in [0.25, 0.3) is 0 Å². The van der Waals surface area contributed by atoms with E-state index in [-0.39, 0.29) is 6.03 Å². The predicted molar refractivity (Wildman–Crippen MR) is 96.1 cm³/mol. The first-order valence-electron chi connectivity index (χ1n) is 8.15. The van der Waals surface area contributed by atoms with Crippen LogP contribution >= 0.6 is 11.3 Å². The number of nitrogens with one attached hydrogen (secondary N) is 1. The van der Waals surface area contributed by atoms with Crippen LogP contribution < -0.4 is 5.32 Å². The first-order valence-corrected chi connectivity index (χ1v) is 9.03. The third kappa shape index (κ3) is 4.30. The number of aryl methyl sites for hydroxylation is 1. The first kappa shape index (κ1) is 16.9. The van der Waals surface area contributed by atoms with E-state index in [9.17, 15) is 4.79 Å². The maximum atomic E-state index is 12.3. The van der Waals surface area contributed by atoms with Gasteiger partial charge in [0, 0.05) is 49.1 Å². The van der Waals surface area contributed by atoms with Crippen LogP contribution in [0.15, 0.2) is 30.0 Å². The highest BCUT2D eigenvalue weighted by Gasteiger charge is 2.27. The molecule has 2 amide bonds. The molecule has 6 nitrogen and oxygen atoms in total. The Kier molecular flexibility index (Phi) is 5.42. The molecule has 2 aromatic rings. The molecule has 128 valence electrons. The van der Waals surface area contributed by atoms with Crippen LogP contribution in [-0.4, -0.2) is 52.5 Å². The van der Waals surface area contributed by atoms with E-state index in [0.29, 0.717) is 5.92 Å². The summed E-state index contributed by atoms with van der Waals surface area (Å²) in [6.07, 6.45) is 4.41. The van der Waals surface area contributed by atoms with Gasteiger partial charge in [-0.1, -0.05) is 0 Å². The highest BCUT2D eigenvalue weighted by molar-refractivity contribution is 7.09. The summed E-state index contributed by atoms with van der Waals surface area (Å²) < 4.78 is 0. The van der Waals surface area contributed by atoms with E-state index in [1.165, 1.54) is 4.88 Å². The van der Waals surface area contributed by atoms with Gasteiger partial charge in [-0.05, 0) is 38.4 Å². The minimum absolute atomic E-state index is 0.0235. The Morgan fingerprint density at radius 3 is 2.96 bits per heavy atom. The molecule has 3 heterocycles. The Bertz CT molecular complexity index is 675. The van der Waals surface area contributed by atoms with Crippen LogP contribution in [-0.2, 0) is 6.54 Å². The summed E-state index contributed by atoms with van der Waals surface area (Å²) in [6, 6.07) is 3.58. The van der Waals surface area contributed by atoms with Crippen LogP contribution in [0.2, 0.25) is 0 Å². The largest absolute Gasteiger partial charge is 0.324 e. The van der Waals surface area contributed by atoms with Gasteiger partial charge >= 0.3 is 6.03 Å². The van der Waals surface area contributed by atoms with Crippen molar-refractivity contribution in [2.75, 3.05) is 32.0 Å². The molecule has 1 aliphatic heterocycles. The number of pyridine rings is 1. The smallest absolute Gasteiger partial charge is 0.321 e. The highest BCUT2D eigenvalue weighted by atomic mass is 32.1. The average Bonchev–Trinajstić information content (AvgIpc) is 3.18. The number of rotatable bonds is 5. The van der Waals surface area contributed by atoms with Crippen LogP contribution in [0.4, 0.5) is 10.5 Å². The summed E-state index contributed by atoms with van der Waals surface area (Å²) in [5.74, 6) is 0.520. The summed E-state index contributed by atoms with van der Waals surface area (Å²) in [4.78, 5) is 26.1. The van der Waals surface area contributed by atoms with E-state index in [2.05, 4.69) is 34.2 Å². The predicted octanol–water partition coefficient (Wildman–Crippen LogP) is 2.83. The molecule has 2 aromatic heterocycles. The molecule has 24 heavy (non-hydrogen) atoms. The SMILES string of the molecule is Cc1ncsc1CN(C)CC1CCN(C(=O)Nc2ccncc2)C1. The summed E-state index contributed by atoms with van der Waals surface area (Å²) >= 11 is 1.71. The van der Waals surface area contributed by atoms with Gasteiger partial charge in [0.2, 0.25) is 0 Å². The maximum absolute atomic E-state index is 12.3. The molecule has 0 saturated carbocycles. The zero-order valence-corrected chi connectivity index (χ0v) is 14.9. The molecule has 1 N–H and O–H groups in total. The summed E-state index contributed by atoms with van der Waals surface area (Å²) in [5.41, 5.74) is 3.81. The van der Waals surface area contributed by atoms with E-state index in [1.54, 1.807) is 35.9 Å². The van der Waals surface area contributed by atoms with Gasteiger partial charge in [-0.25, -0.2) is 9.78 Å². The lowest BCUT2D eigenvalue weighted by molar-refractivity contribution is 0.217. The van der Waals surface area contributed by atoms with Crippen molar-refractivity contribution in [2.45, 2.75) is 19.9 Å². The van der Waals surface area contributed by atoms with Crippen molar-refractivity contribution in [3.8, 4) is 0 Å². The van der Waals surface area contributed by atoms with Gasteiger partial charge in [-0.2, -0.15) is 0 Å². The Labute approximate surface area is 146 Å². The molecule has 0 bridgehead atoms. The van der Waals surface area contributed by atoms with Gasteiger partial charge in [-0.15, -0.1) is 11.3 Å². The third-order valence-electron chi connectivity index (χ3n) is 4.33. The monoisotopic (exact) mass is 345 g/mol.